The lowest BCUT2D eigenvalue weighted by molar-refractivity contribution is 1.01. The van der Waals surface area contributed by atoms with Crippen LogP contribution < -0.4 is 10.0 Å². The third-order valence-corrected chi connectivity index (χ3v) is 4.54. The van der Waals surface area contributed by atoms with Gasteiger partial charge in [0.05, 0.1) is 17.6 Å². The minimum Gasteiger partial charge on any atom is -0.269 e. The monoisotopic (exact) mass is 420 g/mol. The molecule has 0 aliphatic carbocycles. The predicted octanol–water partition coefficient (Wildman–Crippen LogP) is 5.41. The fraction of sp³-hybridized carbons (Fsp3) is 0.0909. The number of rotatable bonds is 6. The molecule has 3 rings (SSSR count). The zero-order chi connectivity index (χ0) is 19.1. The van der Waals surface area contributed by atoms with Gasteiger partial charge in [-0.3, -0.25) is 10.0 Å². The van der Waals surface area contributed by atoms with Crippen molar-refractivity contribution in [2.45, 2.75) is 0 Å². The fourth-order valence-electron chi connectivity index (χ4n) is 2.49. The van der Waals surface area contributed by atoms with Gasteiger partial charge in [0, 0.05) is 24.1 Å². The number of halogens is 1. The Kier molecular flexibility index (Phi) is 6.39. The van der Waals surface area contributed by atoms with Crippen molar-refractivity contribution in [3.63, 3.8) is 0 Å². The third-order valence-electron chi connectivity index (χ3n) is 4.01. The van der Waals surface area contributed by atoms with Crippen molar-refractivity contribution in [3.8, 4) is 0 Å². The predicted molar refractivity (Wildman–Crippen MR) is 119 cm³/mol. The van der Waals surface area contributed by atoms with Gasteiger partial charge < -0.3 is 0 Å². The number of hydrogen-bond donors (Lipinski definition) is 0. The second-order valence-corrected chi connectivity index (χ2v) is 6.87. The molecule has 0 aromatic heterocycles. The van der Waals surface area contributed by atoms with Crippen LogP contribution in [0.15, 0.2) is 99.6 Å². The first kappa shape index (κ1) is 18.9. The van der Waals surface area contributed by atoms with E-state index in [1.807, 2.05) is 109 Å². The first-order valence-corrected chi connectivity index (χ1v) is 9.39. The number of anilines is 2. The van der Waals surface area contributed by atoms with E-state index in [-0.39, 0.29) is 0 Å². The van der Waals surface area contributed by atoms with Crippen LogP contribution in [0.4, 0.5) is 11.4 Å². The summed E-state index contributed by atoms with van der Waals surface area (Å²) in [6.07, 6.45) is 1.79. The molecule has 5 heteroatoms. The summed E-state index contributed by atoms with van der Waals surface area (Å²) < 4.78 is 1.03. The highest BCUT2D eigenvalue weighted by Gasteiger charge is 2.06. The summed E-state index contributed by atoms with van der Waals surface area (Å²) in [6, 6.07) is 28.1. The molecular formula is C22H21BrN4. The van der Waals surface area contributed by atoms with Crippen molar-refractivity contribution >= 4 is 39.2 Å². The van der Waals surface area contributed by atoms with Crippen molar-refractivity contribution in [2.75, 3.05) is 24.1 Å². The van der Waals surface area contributed by atoms with Crippen molar-refractivity contribution in [2.24, 2.45) is 10.2 Å². The largest absolute Gasteiger partial charge is 0.269 e. The average Bonchev–Trinajstić information content (AvgIpc) is 2.72. The Morgan fingerprint density at radius 2 is 1.26 bits per heavy atom. The number of hydrazone groups is 2. The molecule has 0 saturated carbocycles. The second-order valence-electron chi connectivity index (χ2n) is 5.96. The van der Waals surface area contributed by atoms with Gasteiger partial charge in [-0.2, -0.15) is 10.2 Å². The Labute approximate surface area is 168 Å². The van der Waals surface area contributed by atoms with Crippen LogP contribution in [-0.4, -0.2) is 26.0 Å². The Hall–Kier alpha value is -2.92. The summed E-state index contributed by atoms with van der Waals surface area (Å²) in [5.41, 5.74) is 3.79. The van der Waals surface area contributed by atoms with Crippen LogP contribution in [0.1, 0.15) is 5.56 Å². The van der Waals surface area contributed by atoms with Gasteiger partial charge in [-0.1, -0.05) is 64.5 Å². The van der Waals surface area contributed by atoms with E-state index in [2.05, 4.69) is 21.0 Å². The molecule has 0 amide bonds. The van der Waals surface area contributed by atoms with Gasteiger partial charge in [0.25, 0.3) is 0 Å². The van der Waals surface area contributed by atoms with E-state index in [1.165, 1.54) is 0 Å². The van der Waals surface area contributed by atoms with Gasteiger partial charge in [0.15, 0.2) is 0 Å². The summed E-state index contributed by atoms with van der Waals surface area (Å²) in [7, 11) is 3.86. The summed E-state index contributed by atoms with van der Waals surface area (Å²) in [6.45, 7) is 0. The van der Waals surface area contributed by atoms with Crippen LogP contribution in [0.2, 0.25) is 0 Å². The SMILES string of the molecule is CN(/N=C\C(=N\N(C)c1ccccc1)c1ccc(Br)cc1)c1ccccc1. The maximum atomic E-state index is 4.77. The molecule has 3 aromatic rings. The van der Waals surface area contributed by atoms with E-state index in [4.69, 9.17) is 5.10 Å². The summed E-state index contributed by atoms with van der Waals surface area (Å²) >= 11 is 3.48. The maximum absolute atomic E-state index is 4.77. The Morgan fingerprint density at radius 1 is 0.741 bits per heavy atom. The molecule has 0 saturated heterocycles. The van der Waals surface area contributed by atoms with Crippen molar-refractivity contribution < 1.29 is 0 Å². The number of para-hydroxylation sites is 2. The Morgan fingerprint density at radius 3 is 1.81 bits per heavy atom. The lowest BCUT2D eigenvalue weighted by Crippen LogP contribution is -2.17. The number of benzene rings is 3. The van der Waals surface area contributed by atoms with E-state index in [0.717, 1.165) is 27.1 Å². The zero-order valence-electron chi connectivity index (χ0n) is 15.3. The molecule has 0 spiro atoms. The molecule has 0 N–H and O–H groups in total. The van der Waals surface area contributed by atoms with Gasteiger partial charge in [0.1, 0.15) is 5.71 Å². The molecule has 3 aromatic carbocycles. The fourth-order valence-corrected chi connectivity index (χ4v) is 2.76. The lowest BCUT2D eigenvalue weighted by Gasteiger charge is -2.16. The van der Waals surface area contributed by atoms with E-state index in [9.17, 15) is 0 Å². The first-order valence-electron chi connectivity index (χ1n) is 8.59. The standard InChI is InChI=1S/C22H21BrN4/c1-26(20-9-5-3-6-10-20)24-17-22(18-13-15-19(23)16-14-18)25-27(2)21-11-7-4-8-12-21/h3-17H,1-2H3/b24-17-,25-22-. The molecular weight excluding hydrogens is 400 g/mol. The molecule has 136 valence electrons. The van der Waals surface area contributed by atoms with Crippen LogP contribution >= 0.6 is 15.9 Å². The van der Waals surface area contributed by atoms with Crippen LogP contribution in [0.3, 0.4) is 0 Å². The molecule has 0 aliphatic heterocycles. The molecule has 0 bridgehead atoms. The second kappa shape index (κ2) is 9.14. The summed E-state index contributed by atoms with van der Waals surface area (Å²) in [5.74, 6) is 0. The van der Waals surface area contributed by atoms with Crippen LogP contribution in [0, 0.1) is 0 Å². The average molecular weight is 421 g/mol. The number of hydrogen-bond acceptors (Lipinski definition) is 4. The van der Waals surface area contributed by atoms with Crippen LogP contribution in [0.25, 0.3) is 0 Å². The molecule has 27 heavy (non-hydrogen) atoms. The van der Waals surface area contributed by atoms with Gasteiger partial charge in [-0.25, -0.2) is 0 Å². The minimum absolute atomic E-state index is 0.775. The van der Waals surface area contributed by atoms with E-state index >= 15 is 0 Å². The first-order chi connectivity index (χ1) is 13.1. The third kappa shape index (κ3) is 5.28. The van der Waals surface area contributed by atoms with Gasteiger partial charge >= 0.3 is 0 Å². The highest BCUT2D eigenvalue weighted by atomic mass is 79.9. The van der Waals surface area contributed by atoms with E-state index in [1.54, 1.807) is 6.21 Å². The minimum atomic E-state index is 0.775. The molecule has 0 heterocycles. The molecule has 0 fully saturated rings. The summed E-state index contributed by atoms with van der Waals surface area (Å²) in [5, 5.41) is 13.0. The van der Waals surface area contributed by atoms with Gasteiger partial charge in [-0.15, -0.1) is 0 Å². The lowest BCUT2D eigenvalue weighted by atomic mass is 10.1. The molecule has 0 radical (unpaired) electrons. The quantitative estimate of drug-likeness (QED) is 0.394. The van der Waals surface area contributed by atoms with Crippen molar-refractivity contribution in [1.29, 1.82) is 0 Å². The van der Waals surface area contributed by atoms with Crippen molar-refractivity contribution in [1.82, 2.24) is 0 Å². The zero-order valence-corrected chi connectivity index (χ0v) is 16.9. The molecule has 4 nitrogen and oxygen atoms in total. The summed E-state index contributed by atoms with van der Waals surface area (Å²) in [4.78, 5) is 0. The highest BCUT2D eigenvalue weighted by molar-refractivity contribution is 9.10. The van der Waals surface area contributed by atoms with Gasteiger partial charge in [-0.05, 0) is 36.4 Å². The molecule has 0 unspecified atom stereocenters. The Bertz CT molecular complexity index is 906. The van der Waals surface area contributed by atoms with E-state index in [0.29, 0.717) is 0 Å². The van der Waals surface area contributed by atoms with E-state index < -0.39 is 0 Å². The van der Waals surface area contributed by atoms with Gasteiger partial charge in [0.2, 0.25) is 0 Å². The highest BCUT2D eigenvalue weighted by Crippen LogP contribution is 2.15. The van der Waals surface area contributed by atoms with Crippen LogP contribution in [0.5, 0.6) is 0 Å². The topological polar surface area (TPSA) is 31.2 Å². The van der Waals surface area contributed by atoms with Crippen LogP contribution in [-0.2, 0) is 0 Å². The molecule has 0 atom stereocenters. The Balaban J connectivity index is 1.91. The maximum Gasteiger partial charge on any atom is 0.111 e. The molecule has 0 aliphatic rings. The smallest absolute Gasteiger partial charge is 0.111 e. The number of nitrogens with zero attached hydrogens (tertiary/aromatic N) is 4. The van der Waals surface area contributed by atoms with Crippen molar-refractivity contribution in [3.05, 3.63) is 95.0 Å². The normalized spacial score (nSPS) is 11.6.